The van der Waals surface area contributed by atoms with Crippen molar-refractivity contribution in [3.63, 3.8) is 0 Å². The molecule has 2 heteroatoms. The SMILES string of the molecule is CC(O)(O)C12CCC(CC1)C2. The predicted octanol–water partition coefficient (Wildman–Crippen LogP) is 1.27. The maximum atomic E-state index is 9.55. The zero-order valence-corrected chi connectivity index (χ0v) is 7.01. The lowest BCUT2D eigenvalue weighted by Crippen LogP contribution is -2.42. The molecular weight excluding hydrogens is 140 g/mol. The van der Waals surface area contributed by atoms with Crippen molar-refractivity contribution < 1.29 is 10.2 Å². The molecule has 0 aromatic rings. The smallest absolute Gasteiger partial charge is 0.165 e. The second-order valence-corrected chi connectivity index (χ2v) is 4.45. The summed E-state index contributed by atoms with van der Waals surface area (Å²) in [5.41, 5.74) is -0.141. The van der Waals surface area contributed by atoms with E-state index in [9.17, 15) is 10.2 Å². The molecule has 0 saturated heterocycles. The maximum absolute atomic E-state index is 9.55. The first-order valence-corrected chi connectivity index (χ1v) is 4.48. The summed E-state index contributed by atoms with van der Waals surface area (Å²) >= 11 is 0. The number of aliphatic hydroxyl groups is 2. The third kappa shape index (κ3) is 0.926. The van der Waals surface area contributed by atoms with Crippen molar-refractivity contribution in [2.24, 2.45) is 11.3 Å². The van der Waals surface area contributed by atoms with Gasteiger partial charge in [-0.1, -0.05) is 0 Å². The van der Waals surface area contributed by atoms with Crippen molar-refractivity contribution >= 4 is 0 Å². The van der Waals surface area contributed by atoms with Crippen molar-refractivity contribution in [3.05, 3.63) is 0 Å². The lowest BCUT2D eigenvalue weighted by molar-refractivity contribution is -0.227. The van der Waals surface area contributed by atoms with Gasteiger partial charge in [-0.15, -0.1) is 0 Å². The second-order valence-electron chi connectivity index (χ2n) is 4.45. The zero-order chi connectivity index (χ0) is 8.11. The molecule has 2 bridgehead atoms. The van der Waals surface area contributed by atoms with E-state index >= 15 is 0 Å². The molecule has 11 heavy (non-hydrogen) atoms. The molecule has 2 aliphatic carbocycles. The molecule has 0 aliphatic heterocycles. The van der Waals surface area contributed by atoms with Crippen molar-refractivity contribution in [2.45, 2.75) is 44.8 Å². The van der Waals surface area contributed by atoms with Crippen LogP contribution in [-0.4, -0.2) is 16.0 Å². The van der Waals surface area contributed by atoms with Crippen LogP contribution in [0.15, 0.2) is 0 Å². The summed E-state index contributed by atoms with van der Waals surface area (Å²) in [6, 6.07) is 0. The fourth-order valence-corrected chi connectivity index (χ4v) is 2.86. The Morgan fingerprint density at radius 1 is 1.27 bits per heavy atom. The molecule has 64 valence electrons. The normalized spacial score (nSPS) is 43.4. The van der Waals surface area contributed by atoms with Gasteiger partial charge in [-0.05, 0) is 44.9 Å². The van der Waals surface area contributed by atoms with Gasteiger partial charge in [0.05, 0.1) is 0 Å². The largest absolute Gasteiger partial charge is 0.365 e. The first-order valence-electron chi connectivity index (χ1n) is 4.48. The Labute approximate surface area is 67.2 Å². The van der Waals surface area contributed by atoms with Gasteiger partial charge in [0.1, 0.15) is 0 Å². The van der Waals surface area contributed by atoms with E-state index in [0.29, 0.717) is 0 Å². The van der Waals surface area contributed by atoms with Gasteiger partial charge in [-0.3, -0.25) is 0 Å². The van der Waals surface area contributed by atoms with Crippen LogP contribution in [-0.2, 0) is 0 Å². The molecule has 0 atom stereocenters. The predicted molar refractivity (Wildman–Crippen MR) is 41.9 cm³/mol. The summed E-state index contributed by atoms with van der Waals surface area (Å²) in [4.78, 5) is 0. The Bertz CT molecular complexity index is 161. The molecule has 0 heterocycles. The van der Waals surface area contributed by atoms with E-state index in [1.54, 1.807) is 6.92 Å². The molecule has 2 aliphatic rings. The van der Waals surface area contributed by atoms with Gasteiger partial charge in [-0.2, -0.15) is 0 Å². The third-order valence-electron chi connectivity index (χ3n) is 3.75. The Kier molecular flexibility index (Phi) is 1.37. The van der Waals surface area contributed by atoms with Crippen molar-refractivity contribution in [2.75, 3.05) is 0 Å². The Morgan fingerprint density at radius 3 is 2.00 bits per heavy atom. The minimum absolute atomic E-state index is 0.141. The zero-order valence-electron chi connectivity index (χ0n) is 7.01. The highest BCUT2D eigenvalue weighted by Crippen LogP contribution is 2.58. The van der Waals surface area contributed by atoms with Crippen LogP contribution in [0, 0.1) is 11.3 Å². The minimum Gasteiger partial charge on any atom is -0.365 e. The first kappa shape index (κ1) is 7.56. The van der Waals surface area contributed by atoms with Gasteiger partial charge < -0.3 is 10.2 Å². The molecule has 0 radical (unpaired) electrons. The van der Waals surface area contributed by atoms with Gasteiger partial charge in [-0.25, -0.2) is 0 Å². The molecule has 2 N–H and O–H groups in total. The third-order valence-corrected chi connectivity index (χ3v) is 3.75. The minimum atomic E-state index is -1.43. The fourth-order valence-electron chi connectivity index (χ4n) is 2.86. The molecule has 0 spiro atoms. The van der Waals surface area contributed by atoms with Crippen LogP contribution in [0.4, 0.5) is 0 Å². The summed E-state index contributed by atoms with van der Waals surface area (Å²) < 4.78 is 0. The summed E-state index contributed by atoms with van der Waals surface area (Å²) in [5.74, 6) is -0.647. The number of hydrogen-bond acceptors (Lipinski definition) is 2. The van der Waals surface area contributed by atoms with Gasteiger partial charge in [0.25, 0.3) is 0 Å². The highest BCUT2D eigenvalue weighted by Gasteiger charge is 2.54. The quantitative estimate of drug-likeness (QED) is 0.561. The molecule has 2 fully saturated rings. The summed E-state index contributed by atoms with van der Waals surface area (Å²) in [7, 11) is 0. The van der Waals surface area contributed by atoms with Crippen molar-refractivity contribution in [1.29, 1.82) is 0 Å². The van der Waals surface area contributed by atoms with Crippen LogP contribution in [0.5, 0.6) is 0 Å². The average Bonchev–Trinajstić information content (AvgIpc) is 2.42. The van der Waals surface area contributed by atoms with Crippen LogP contribution in [0.2, 0.25) is 0 Å². The van der Waals surface area contributed by atoms with E-state index in [1.165, 1.54) is 12.8 Å². The molecule has 2 saturated carbocycles. The van der Waals surface area contributed by atoms with E-state index in [-0.39, 0.29) is 5.41 Å². The van der Waals surface area contributed by atoms with E-state index in [0.717, 1.165) is 25.2 Å². The van der Waals surface area contributed by atoms with Crippen LogP contribution in [0.1, 0.15) is 39.0 Å². The highest BCUT2D eigenvalue weighted by molar-refractivity contribution is 5.01. The van der Waals surface area contributed by atoms with Crippen LogP contribution in [0.25, 0.3) is 0 Å². The van der Waals surface area contributed by atoms with Gasteiger partial charge in [0, 0.05) is 5.41 Å². The van der Waals surface area contributed by atoms with Crippen molar-refractivity contribution in [3.8, 4) is 0 Å². The fraction of sp³-hybridized carbons (Fsp3) is 1.00. The van der Waals surface area contributed by atoms with E-state index in [2.05, 4.69) is 0 Å². The topological polar surface area (TPSA) is 40.5 Å². The Morgan fingerprint density at radius 2 is 1.82 bits per heavy atom. The van der Waals surface area contributed by atoms with E-state index < -0.39 is 5.79 Å². The summed E-state index contributed by atoms with van der Waals surface area (Å²) in [6.45, 7) is 1.54. The van der Waals surface area contributed by atoms with Crippen LogP contribution >= 0.6 is 0 Å². The Hall–Kier alpha value is -0.0800. The molecule has 2 rings (SSSR count). The molecule has 0 amide bonds. The molecular formula is C9H16O2. The molecule has 0 aromatic heterocycles. The van der Waals surface area contributed by atoms with E-state index in [4.69, 9.17) is 0 Å². The number of hydrogen-bond donors (Lipinski definition) is 2. The number of rotatable bonds is 1. The van der Waals surface area contributed by atoms with E-state index in [1.807, 2.05) is 0 Å². The Balaban J connectivity index is 2.23. The summed E-state index contributed by atoms with van der Waals surface area (Å²) in [6.07, 6.45) is 5.48. The monoisotopic (exact) mass is 156 g/mol. The lowest BCUT2D eigenvalue weighted by atomic mass is 9.77. The lowest BCUT2D eigenvalue weighted by Gasteiger charge is -2.37. The average molecular weight is 156 g/mol. The van der Waals surface area contributed by atoms with Gasteiger partial charge >= 0.3 is 0 Å². The molecule has 0 unspecified atom stereocenters. The maximum Gasteiger partial charge on any atom is 0.165 e. The second kappa shape index (κ2) is 1.99. The standard InChI is InChI=1S/C9H16O2/c1-8(10,11)9-4-2-7(6-9)3-5-9/h7,10-11H,2-6H2,1H3. The number of fused-ring (bicyclic) bond motifs is 2. The first-order chi connectivity index (χ1) is 5.04. The van der Waals surface area contributed by atoms with Gasteiger partial charge in [0.2, 0.25) is 0 Å². The summed E-state index contributed by atoms with van der Waals surface area (Å²) in [5, 5.41) is 19.1. The van der Waals surface area contributed by atoms with Crippen LogP contribution in [0.3, 0.4) is 0 Å². The van der Waals surface area contributed by atoms with Gasteiger partial charge in [0.15, 0.2) is 5.79 Å². The van der Waals surface area contributed by atoms with Crippen LogP contribution < -0.4 is 0 Å². The van der Waals surface area contributed by atoms with Crippen molar-refractivity contribution in [1.82, 2.24) is 0 Å². The molecule has 2 nitrogen and oxygen atoms in total. The molecule has 0 aromatic carbocycles. The highest BCUT2D eigenvalue weighted by atomic mass is 16.5.